The first-order chi connectivity index (χ1) is 12.6. The van der Waals surface area contributed by atoms with Gasteiger partial charge in [-0.3, -0.25) is 0 Å². The molecule has 0 aliphatic carbocycles. The molecule has 2 aromatic rings. The summed E-state index contributed by atoms with van der Waals surface area (Å²) in [4.78, 5) is 18.5. The minimum atomic E-state index is 0.431. The van der Waals surface area contributed by atoms with E-state index in [0.29, 0.717) is 5.92 Å². The summed E-state index contributed by atoms with van der Waals surface area (Å²) in [6.07, 6.45) is 7.51. The second-order valence-electron chi connectivity index (χ2n) is 7.37. The molecule has 1 aliphatic heterocycles. The third-order valence-electron chi connectivity index (χ3n) is 4.92. The quantitative estimate of drug-likeness (QED) is 0.821. The van der Waals surface area contributed by atoms with E-state index in [1.54, 1.807) is 0 Å². The van der Waals surface area contributed by atoms with Crippen LogP contribution in [-0.4, -0.2) is 65.2 Å². The van der Waals surface area contributed by atoms with Crippen LogP contribution < -0.4 is 10.2 Å². The molecule has 0 spiro atoms. The maximum absolute atomic E-state index is 4.69. The molecule has 1 fully saturated rings. The van der Waals surface area contributed by atoms with Crippen LogP contribution in [-0.2, 0) is 6.54 Å². The molecule has 0 radical (unpaired) electrons. The standard InChI is InChI=1S/C19H31N7/c1-15-13-17(20-2)23-19(22-15)26-10-5-7-16(14-26)18-21-8-12-25(18)11-6-9-24(3)4/h8,12-13,16H,5-7,9-11,14H2,1-4H3,(H,20,22,23)/t16-/m0/s1. The second kappa shape index (κ2) is 8.49. The summed E-state index contributed by atoms with van der Waals surface area (Å²) in [7, 11) is 6.14. The number of rotatable bonds is 7. The van der Waals surface area contributed by atoms with Gasteiger partial charge in [0.1, 0.15) is 11.6 Å². The molecule has 2 aromatic heterocycles. The molecular weight excluding hydrogens is 326 g/mol. The maximum atomic E-state index is 4.69. The van der Waals surface area contributed by atoms with E-state index in [1.165, 1.54) is 12.2 Å². The highest BCUT2D eigenvalue weighted by Crippen LogP contribution is 2.28. The zero-order valence-corrected chi connectivity index (χ0v) is 16.4. The summed E-state index contributed by atoms with van der Waals surface area (Å²) in [6, 6.07) is 1.97. The average molecular weight is 358 g/mol. The van der Waals surface area contributed by atoms with Gasteiger partial charge in [-0.25, -0.2) is 9.97 Å². The molecule has 0 amide bonds. The van der Waals surface area contributed by atoms with Crippen molar-refractivity contribution in [1.82, 2.24) is 24.4 Å². The fourth-order valence-electron chi connectivity index (χ4n) is 3.62. The third-order valence-corrected chi connectivity index (χ3v) is 4.92. The Kier molecular flexibility index (Phi) is 6.08. The van der Waals surface area contributed by atoms with Gasteiger partial charge in [-0.2, -0.15) is 4.98 Å². The van der Waals surface area contributed by atoms with Gasteiger partial charge in [0.15, 0.2) is 0 Å². The van der Waals surface area contributed by atoms with Crippen LogP contribution in [0.2, 0.25) is 0 Å². The fourth-order valence-corrected chi connectivity index (χ4v) is 3.62. The lowest BCUT2D eigenvalue weighted by Crippen LogP contribution is -2.36. The molecule has 0 unspecified atom stereocenters. The SMILES string of the molecule is CNc1cc(C)nc(N2CCC[C@H](c3nccn3CCCN(C)C)C2)n1. The number of hydrogen-bond acceptors (Lipinski definition) is 6. The highest BCUT2D eigenvalue weighted by Gasteiger charge is 2.26. The Balaban J connectivity index is 1.71. The predicted octanol–water partition coefficient (Wildman–Crippen LogP) is 2.36. The Bertz CT molecular complexity index is 710. The van der Waals surface area contributed by atoms with Crippen molar-refractivity contribution in [3.63, 3.8) is 0 Å². The number of nitrogens with one attached hydrogen (secondary N) is 1. The van der Waals surface area contributed by atoms with Crippen LogP contribution in [0.3, 0.4) is 0 Å². The monoisotopic (exact) mass is 357 g/mol. The summed E-state index contributed by atoms with van der Waals surface area (Å²) in [5, 5.41) is 3.13. The minimum Gasteiger partial charge on any atom is -0.373 e. The van der Waals surface area contributed by atoms with Crippen molar-refractivity contribution in [3.05, 3.63) is 30.0 Å². The van der Waals surface area contributed by atoms with Crippen molar-refractivity contribution in [2.75, 3.05) is 51.0 Å². The van der Waals surface area contributed by atoms with Crippen molar-refractivity contribution in [2.45, 2.75) is 38.6 Å². The Morgan fingerprint density at radius 3 is 2.92 bits per heavy atom. The molecule has 1 atom stereocenters. The average Bonchev–Trinajstić information content (AvgIpc) is 3.09. The van der Waals surface area contributed by atoms with Crippen LogP contribution in [0, 0.1) is 6.92 Å². The van der Waals surface area contributed by atoms with Crippen molar-refractivity contribution >= 4 is 11.8 Å². The van der Waals surface area contributed by atoms with E-state index < -0.39 is 0 Å². The molecule has 142 valence electrons. The lowest BCUT2D eigenvalue weighted by atomic mass is 9.97. The molecule has 1 saturated heterocycles. The van der Waals surface area contributed by atoms with Crippen LogP contribution in [0.5, 0.6) is 0 Å². The van der Waals surface area contributed by atoms with Crippen LogP contribution in [0.4, 0.5) is 11.8 Å². The van der Waals surface area contributed by atoms with Crippen LogP contribution in [0.15, 0.2) is 18.5 Å². The summed E-state index contributed by atoms with van der Waals surface area (Å²) in [5.74, 6) is 3.33. The fraction of sp³-hybridized carbons (Fsp3) is 0.632. The molecule has 1 aliphatic rings. The number of piperidine rings is 1. The van der Waals surface area contributed by atoms with Gasteiger partial charge in [0.2, 0.25) is 5.95 Å². The smallest absolute Gasteiger partial charge is 0.227 e. The molecule has 3 heterocycles. The van der Waals surface area contributed by atoms with E-state index in [2.05, 4.69) is 54.9 Å². The molecule has 0 saturated carbocycles. The number of aryl methyl sites for hydroxylation is 2. The van der Waals surface area contributed by atoms with Gasteiger partial charge in [0.25, 0.3) is 0 Å². The van der Waals surface area contributed by atoms with E-state index in [0.717, 1.165) is 56.5 Å². The summed E-state index contributed by atoms with van der Waals surface area (Å²) in [6.45, 7) is 6.07. The van der Waals surface area contributed by atoms with Crippen LogP contribution in [0.1, 0.15) is 36.7 Å². The minimum absolute atomic E-state index is 0.431. The van der Waals surface area contributed by atoms with Gasteiger partial charge in [-0.1, -0.05) is 0 Å². The van der Waals surface area contributed by atoms with Gasteiger partial charge in [-0.05, 0) is 46.8 Å². The summed E-state index contributed by atoms with van der Waals surface area (Å²) >= 11 is 0. The number of aromatic nitrogens is 4. The Labute approximate surface area is 156 Å². The Hall–Kier alpha value is -2.15. The highest BCUT2D eigenvalue weighted by atomic mass is 15.3. The summed E-state index contributed by atoms with van der Waals surface area (Å²) < 4.78 is 2.33. The molecule has 0 aromatic carbocycles. The van der Waals surface area contributed by atoms with Crippen molar-refractivity contribution in [3.8, 4) is 0 Å². The van der Waals surface area contributed by atoms with Crippen LogP contribution >= 0.6 is 0 Å². The first-order valence-electron chi connectivity index (χ1n) is 9.51. The number of nitrogens with zero attached hydrogens (tertiary/aromatic N) is 6. The molecule has 0 bridgehead atoms. The molecule has 7 nitrogen and oxygen atoms in total. The third kappa shape index (κ3) is 4.52. The highest BCUT2D eigenvalue weighted by molar-refractivity contribution is 5.43. The topological polar surface area (TPSA) is 62.1 Å². The lowest BCUT2D eigenvalue weighted by Gasteiger charge is -2.33. The number of anilines is 2. The molecule has 1 N–H and O–H groups in total. The number of imidazole rings is 1. The van der Waals surface area contributed by atoms with Gasteiger partial charge in [0, 0.05) is 56.8 Å². The molecule has 7 heteroatoms. The largest absolute Gasteiger partial charge is 0.373 e. The first kappa shape index (κ1) is 18.6. The van der Waals surface area contributed by atoms with Gasteiger partial charge >= 0.3 is 0 Å². The predicted molar refractivity (Wildman–Crippen MR) is 106 cm³/mol. The molecule has 3 rings (SSSR count). The van der Waals surface area contributed by atoms with Gasteiger partial charge in [0.05, 0.1) is 0 Å². The van der Waals surface area contributed by atoms with Gasteiger partial charge < -0.3 is 19.7 Å². The van der Waals surface area contributed by atoms with Gasteiger partial charge in [-0.15, -0.1) is 0 Å². The van der Waals surface area contributed by atoms with E-state index in [9.17, 15) is 0 Å². The zero-order valence-electron chi connectivity index (χ0n) is 16.4. The molecule has 26 heavy (non-hydrogen) atoms. The summed E-state index contributed by atoms with van der Waals surface area (Å²) in [5.41, 5.74) is 0.992. The van der Waals surface area contributed by atoms with Crippen molar-refractivity contribution in [1.29, 1.82) is 0 Å². The van der Waals surface area contributed by atoms with Crippen LogP contribution in [0.25, 0.3) is 0 Å². The lowest BCUT2D eigenvalue weighted by molar-refractivity contribution is 0.380. The van der Waals surface area contributed by atoms with E-state index in [4.69, 9.17) is 0 Å². The maximum Gasteiger partial charge on any atom is 0.227 e. The normalized spacial score (nSPS) is 17.7. The first-order valence-corrected chi connectivity index (χ1v) is 9.51. The second-order valence-corrected chi connectivity index (χ2v) is 7.37. The number of hydrogen-bond donors (Lipinski definition) is 1. The van der Waals surface area contributed by atoms with E-state index in [1.807, 2.05) is 26.2 Å². The van der Waals surface area contributed by atoms with E-state index in [-0.39, 0.29) is 0 Å². The zero-order chi connectivity index (χ0) is 18.5. The Morgan fingerprint density at radius 1 is 1.31 bits per heavy atom. The van der Waals surface area contributed by atoms with E-state index >= 15 is 0 Å². The van der Waals surface area contributed by atoms with Crippen molar-refractivity contribution in [2.24, 2.45) is 0 Å². The van der Waals surface area contributed by atoms with Crippen molar-refractivity contribution < 1.29 is 0 Å². The molecular formula is C19H31N7. The Morgan fingerprint density at radius 2 is 2.15 bits per heavy atom.